The van der Waals surface area contributed by atoms with Gasteiger partial charge in [-0.2, -0.15) is 0 Å². The SMILES string of the molecule is CCOC(=O)/C([NH3+])=C/N(C)C. The summed E-state index contributed by atoms with van der Waals surface area (Å²) in [6.07, 6.45) is 1.62. The van der Waals surface area contributed by atoms with Gasteiger partial charge in [-0.25, -0.2) is 4.79 Å². The normalized spacial score (nSPS) is 11.1. The maximum Gasteiger partial charge on any atom is 0.394 e. The number of carbonyl (C=O) groups is 1. The molecule has 0 unspecified atom stereocenters. The summed E-state index contributed by atoms with van der Waals surface area (Å²) in [5, 5.41) is 0. The zero-order valence-corrected chi connectivity index (χ0v) is 7.26. The van der Waals surface area contributed by atoms with E-state index >= 15 is 0 Å². The molecule has 0 radical (unpaired) electrons. The standard InChI is InChI=1S/C7H14N2O2/c1-4-11-7(10)6(8)5-9(2)3/h5H,4,8H2,1-3H3/p+1/b6-5-. The molecule has 64 valence electrons. The van der Waals surface area contributed by atoms with Gasteiger partial charge in [-0.15, -0.1) is 0 Å². The molecule has 3 N–H and O–H groups in total. The van der Waals surface area contributed by atoms with Crippen molar-refractivity contribution in [1.82, 2.24) is 4.90 Å². The minimum atomic E-state index is -0.360. The van der Waals surface area contributed by atoms with Crippen molar-refractivity contribution >= 4 is 5.97 Å². The van der Waals surface area contributed by atoms with E-state index in [2.05, 4.69) is 5.73 Å². The third-order valence-electron chi connectivity index (χ3n) is 0.952. The lowest BCUT2D eigenvalue weighted by Gasteiger charge is -2.04. The smallest absolute Gasteiger partial charge is 0.394 e. The summed E-state index contributed by atoms with van der Waals surface area (Å²) in [4.78, 5) is 12.6. The van der Waals surface area contributed by atoms with Crippen LogP contribution in [0.3, 0.4) is 0 Å². The number of carbonyl (C=O) groups excluding carboxylic acids is 1. The molecular formula is C7H15N2O2+. The van der Waals surface area contributed by atoms with Gasteiger partial charge in [0.1, 0.15) is 0 Å². The fourth-order valence-electron chi connectivity index (χ4n) is 0.588. The van der Waals surface area contributed by atoms with Crippen LogP contribution in [-0.4, -0.2) is 31.6 Å². The zero-order chi connectivity index (χ0) is 8.85. The monoisotopic (exact) mass is 159 g/mol. The lowest BCUT2D eigenvalue weighted by molar-refractivity contribution is -0.304. The van der Waals surface area contributed by atoms with Crippen molar-refractivity contribution in [1.29, 1.82) is 0 Å². The highest BCUT2D eigenvalue weighted by Gasteiger charge is 2.09. The average molecular weight is 159 g/mol. The Labute approximate surface area is 66.6 Å². The molecule has 0 saturated carbocycles. The number of ether oxygens (including phenoxy) is 1. The van der Waals surface area contributed by atoms with E-state index in [0.29, 0.717) is 12.3 Å². The summed E-state index contributed by atoms with van der Waals surface area (Å²) >= 11 is 0. The van der Waals surface area contributed by atoms with Crippen molar-refractivity contribution in [2.75, 3.05) is 20.7 Å². The minimum Gasteiger partial charge on any atom is -0.458 e. The number of esters is 1. The van der Waals surface area contributed by atoms with Crippen molar-refractivity contribution < 1.29 is 15.3 Å². The first-order chi connectivity index (χ1) is 5.07. The van der Waals surface area contributed by atoms with Crippen LogP contribution in [-0.2, 0) is 9.53 Å². The van der Waals surface area contributed by atoms with E-state index in [9.17, 15) is 4.79 Å². The van der Waals surface area contributed by atoms with Crippen LogP contribution in [0, 0.1) is 0 Å². The second kappa shape index (κ2) is 4.73. The predicted octanol–water partition coefficient (Wildman–Crippen LogP) is -0.806. The van der Waals surface area contributed by atoms with Crippen LogP contribution in [0.2, 0.25) is 0 Å². The summed E-state index contributed by atoms with van der Waals surface area (Å²) in [5.41, 5.74) is 3.91. The Bertz CT molecular complexity index is 164. The van der Waals surface area contributed by atoms with E-state index in [-0.39, 0.29) is 5.97 Å². The molecule has 0 saturated heterocycles. The molecule has 0 heterocycles. The van der Waals surface area contributed by atoms with Gasteiger partial charge >= 0.3 is 5.97 Å². The predicted molar refractivity (Wildman–Crippen MR) is 41.3 cm³/mol. The van der Waals surface area contributed by atoms with Crippen LogP contribution in [0.5, 0.6) is 0 Å². The molecule has 0 fully saturated rings. The van der Waals surface area contributed by atoms with Gasteiger partial charge in [0.25, 0.3) is 0 Å². The molecule has 0 aromatic heterocycles. The van der Waals surface area contributed by atoms with Gasteiger partial charge < -0.3 is 15.4 Å². The Kier molecular flexibility index (Phi) is 4.29. The first-order valence-corrected chi connectivity index (χ1v) is 3.45. The molecule has 0 atom stereocenters. The Balaban J connectivity index is 4.01. The van der Waals surface area contributed by atoms with Crippen molar-refractivity contribution in [3.05, 3.63) is 11.9 Å². The van der Waals surface area contributed by atoms with Crippen LogP contribution in [0.1, 0.15) is 6.92 Å². The first-order valence-electron chi connectivity index (χ1n) is 3.45. The van der Waals surface area contributed by atoms with E-state index in [1.54, 1.807) is 18.0 Å². The largest absolute Gasteiger partial charge is 0.458 e. The number of rotatable bonds is 3. The third kappa shape index (κ3) is 4.38. The molecule has 0 amide bonds. The summed E-state index contributed by atoms with van der Waals surface area (Å²) in [5.74, 6) is -0.360. The quantitative estimate of drug-likeness (QED) is 0.433. The molecule has 0 spiro atoms. The van der Waals surface area contributed by atoms with Crippen LogP contribution in [0.4, 0.5) is 0 Å². The molecule has 0 rings (SSSR count). The average Bonchev–Trinajstić information content (AvgIpc) is 1.86. The molecule has 11 heavy (non-hydrogen) atoms. The van der Waals surface area contributed by atoms with Crippen molar-refractivity contribution in [2.45, 2.75) is 6.92 Å². The first kappa shape index (κ1) is 9.97. The van der Waals surface area contributed by atoms with Gasteiger partial charge in [0.05, 0.1) is 12.8 Å². The zero-order valence-electron chi connectivity index (χ0n) is 7.26. The summed E-state index contributed by atoms with van der Waals surface area (Å²) in [6.45, 7) is 2.15. The lowest BCUT2D eigenvalue weighted by Crippen LogP contribution is -2.52. The summed E-state index contributed by atoms with van der Waals surface area (Å²) in [7, 11) is 3.65. The van der Waals surface area contributed by atoms with Gasteiger partial charge in [0.2, 0.25) is 5.70 Å². The molecular weight excluding hydrogens is 144 g/mol. The van der Waals surface area contributed by atoms with E-state index in [1.165, 1.54) is 0 Å². The van der Waals surface area contributed by atoms with E-state index in [1.807, 2.05) is 14.1 Å². The Morgan fingerprint density at radius 3 is 2.55 bits per heavy atom. The van der Waals surface area contributed by atoms with Crippen LogP contribution >= 0.6 is 0 Å². The maximum absolute atomic E-state index is 10.9. The molecule has 4 nitrogen and oxygen atoms in total. The number of hydrogen-bond acceptors (Lipinski definition) is 3. The Morgan fingerprint density at radius 1 is 1.64 bits per heavy atom. The van der Waals surface area contributed by atoms with Crippen LogP contribution in [0.15, 0.2) is 11.9 Å². The van der Waals surface area contributed by atoms with Gasteiger partial charge in [-0.3, -0.25) is 0 Å². The third-order valence-corrected chi connectivity index (χ3v) is 0.952. The van der Waals surface area contributed by atoms with Crippen LogP contribution in [0.25, 0.3) is 0 Å². The fourth-order valence-corrected chi connectivity index (χ4v) is 0.588. The van der Waals surface area contributed by atoms with Gasteiger partial charge in [-0.05, 0) is 6.92 Å². The fraction of sp³-hybridized carbons (Fsp3) is 0.571. The minimum absolute atomic E-state index is 0.360. The van der Waals surface area contributed by atoms with Crippen molar-refractivity contribution in [3.8, 4) is 0 Å². The number of nitrogens with zero attached hydrogens (tertiary/aromatic N) is 1. The van der Waals surface area contributed by atoms with Crippen LogP contribution < -0.4 is 5.73 Å². The van der Waals surface area contributed by atoms with Crippen molar-refractivity contribution in [2.24, 2.45) is 0 Å². The molecule has 0 aromatic rings. The number of quaternary nitrogens is 1. The molecule has 4 heteroatoms. The summed E-state index contributed by atoms with van der Waals surface area (Å²) < 4.78 is 4.71. The summed E-state index contributed by atoms with van der Waals surface area (Å²) in [6, 6.07) is 0. The van der Waals surface area contributed by atoms with Gasteiger partial charge in [-0.1, -0.05) is 0 Å². The highest BCUT2D eigenvalue weighted by atomic mass is 16.5. The van der Waals surface area contributed by atoms with Gasteiger partial charge in [0, 0.05) is 14.1 Å². The molecule has 0 aliphatic carbocycles. The van der Waals surface area contributed by atoms with Crippen molar-refractivity contribution in [3.63, 3.8) is 0 Å². The van der Waals surface area contributed by atoms with Gasteiger partial charge in [0.15, 0.2) is 0 Å². The second-order valence-corrected chi connectivity index (χ2v) is 2.34. The molecule has 0 aliphatic heterocycles. The van der Waals surface area contributed by atoms with E-state index in [0.717, 1.165) is 0 Å². The van der Waals surface area contributed by atoms with E-state index < -0.39 is 0 Å². The molecule has 0 aliphatic rings. The molecule has 0 bridgehead atoms. The number of hydrogen-bond donors (Lipinski definition) is 1. The lowest BCUT2D eigenvalue weighted by atomic mass is 10.5. The topological polar surface area (TPSA) is 57.2 Å². The highest BCUT2D eigenvalue weighted by Crippen LogP contribution is 1.88. The molecule has 0 aromatic carbocycles. The van der Waals surface area contributed by atoms with E-state index in [4.69, 9.17) is 4.74 Å². The Morgan fingerprint density at radius 2 is 2.18 bits per heavy atom. The maximum atomic E-state index is 10.9. The Hall–Kier alpha value is -1.03. The second-order valence-electron chi connectivity index (χ2n) is 2.34. The highest BCUT2D eigenvalue weighted by molar-refractivity contribution is 5.84.